The van der Waals surface area contributed by atoms with Gasteiger partial charge in [0.05, 0.1) is 11.3 Å². The van der Waals surface area contributed by atoms with E-state index in [0.29, 0.717) is 5.56 Å². The molecule has 0 spiro atoms. The summed E-state index contributed by atoms with van der Waals surface area (Å²) in [6.45, 7) is 4.04. The van der Waals surface area contributed by atoms with Crippen molar-refractivity contribution in [1.82, 2.24) is 4.98 Å². The third kappa shape index (κ3) is 3.36. The molecular weight excluding hydrogens is 397 g/mol. The smallest absolute Gasteiger partial charge is 0.361 e. The van der Waals surface area contributed by atoms with Gasteiger partial charge in [-0.05, 0) is 55.8 Å². The van der Waals surface area contributed by atoms with Gasteiger partial charge in [0, 0.05) is 45.6 Å². The molecule has 31 heavy (non-hydrogen) atoms. The van der Waals surface area contributed by atoms with Gasteiger partial charge in [0.15, 0.2) is 0 Å². The predicted molar refractivity (Wildman–Crippen MR) is 120 cm³/mol. The molecule has 1 aliphatic rings. The van der Waals surface area contributed by atoms with E-state index in [1.165, 1.54) is 0 Å². The number of rotatable bonds is 2. The van der Waals surface area contributed by atoms with Gasteiger partial charge in [-0.1, -0.05) is 35.4 Å². The van der Waals surface area contributed by atoms with Crippen LogP contribution in [-0.2, 0) is 6.18 Å². The summed E-state index contributed by atoms with van der Waals surface area (Å²) in [4.78, 5) is 7.86. The predicted octanol–water partition coefficient (Wildman–Crippen LogP) is 7.48. The van der Waals surface area contributed by atoms with Gasteiger partial charge in [0.2, 0.25) is 0 Å². The first-order valence-corrected chi connectivity index (χ1v) is 9.96. The van der Waals surface area contributed by atoms with Gasteiger partial charge < -0.3 is 4.98 Å². The minimum Gasteiger partial charge on any atom is -0.361 e. The summed E-state index contributed by atoms with van der Waals surface area (Å²) < 4.78 is 39.5. The molecule has 4 aromatic rings. The SMILES string of the molecule is Cc1ccc2c(c1)C(=C(c1ccc(C(F)(F)F)cc1)c1c[nH]c3ccc(C)cc13)C=N2. The van der Waals surface area contributed by atoms with Gasteiger partial charge in [0.25, 0.3) is 0 Å². The van der Waals surface area contributed by atoms with E-state index in [9.17, 15) is 13.2 Å². The van der Waals surface area contributed by atoms with Gasteiger partial charge in [-0.2, -0.15) is 13.2 Å². The van der Waals surface area contributed by atoms with Crippen LogP contribution in [0.2, 0.25) is 0 Å². The average Bonchev–Trinajstić information content (AvgIpc) is 3.33. The summed E-state index contributed by atoms with van der Waals surface area (Å²) in [7, 11) is 0. The van der Waals surface area contributed by atoms with Gasteiger partial charge in [-0.15, -0.1) is 0 Å². The van der Waals surface area contributed by atoms with Crippen molar-refractivity contribution in [2.75, 3.05) is 0 Å². The van der Waals surface area contributed by atoms with Crippen LogP contribution in [0.3, 0.4) is 0 Å². The zero-order chi connectivity index (χ0) is 21.8. The number of aromatic nitrogens is 1. The Morgan fingerprint density at radius 3 is 2.32 bits per heavy atom. The van der Waals surface area contributed by atoms with Gasteiger partial charge in [-0.25, -0.2) is 0 Å². The number of fused-ring (bicyclic) bond motifs is 2. The number of hydrogen-bond acceptors (Lipinski definition) is 1. The number of allylic oxidation sites excluding steroid dienone is 1. The van der Waals surface area contributed by atoms with Gasteiger partial charge >= 0.3 is 6.18 Å². The lowest BCUT2D eigenvalue weighted by Crippen LogP contribution is -2.04. The molecule has 1 aliphatic heterocycles. The largest absolute Gasteiger partial charge is 0.416 e. The summed E-state index contributed by atoms with van der Waals surface area (Å²) in [5.74, 6) is 0. The zero-order valence-electron chi connectivity index (χ0n) is 17.0. The van der Waals surface area contributed by atoms with Crippen molar-refractivity contribution >= 4 is 34.0 Å². The van der Waals surface area contributed by atoms with Gasteiger partial charge in [-0.3, -0.25) is 4.99 Å². The Morgan fingerprint density at radius 1 is 0.871 bits per heavy atom. The number of benzene rings is 3. The van der Waals surface area contributed by atoms with E-state index in [1.54, 1.807) is 12.1 Å². The maximum Gasteiger partial charge on any atom is 0.416 e. The van der Waals surface area contributed by atoms with E-state index in [1.807, 2.05) is 50.5 Å². The van der Waals surface area contributed by atoms with Crippen LogP contribution in [-0.4, -0.2) is 11.2 Å². The molecule has 0 bridgehead atoms. The van der Waals surface area contributed by atoms with E-state index in [4.69, 9.17) is 0 Å². The Bertz CT molecular complexity index is 1370. The van der Waals surface area contributed by atoms with Crippen molar-refractivity contribution in [2.24, 2.45) is 4.99 Å². The fourth-order valence-electron chi connectivity index (χ4n) is 4.10. The maximum absolute atomic E-state index is 13.2. The number of aliphatic imine (C=N–C) groups is 1. The van der Waals surface area contributed by atoms with Crippen LogP contribution in [0, 0.1) is 13.8 Å². The molecule has 3 aromatic carbocycles. The van der Waals surface area contributed by atoms with Crippen molar-refractivity contribution in [3.63, 3.8) is 0 Å². The minimum absolute atomic E-state index is 0.660. The fraction of sp³-hybridized carbons (Fsp3) is 0.115. The minimum atomic E-state index is -4.37. The number of hydrogen-bond donors (Lipinski definition) is 1. The molecule has 0 saturated heterocycles. The first kappa shape index (κ1) is 19.4. The highest BCUT2D eigenvalue weighted by molar-refractivity contribution is 6.27. The Morgan fingerprint density at radius 2 is 1.58 bits per heavy atom. The highest BCUT2D eigenvalue weighted by Crippen LogP contribution is 2.42. The van der Waals surface area contributed by atoms with Crippen LogP contribution in [0.15, 0.2) is 71.9 Å². The molecule has 1 N–H and O–H groups in total. The van der Waals surface area contributed by atoms with E-state index < -0.39 is 11.7 Å². The molecule has 0 unspecified atom stereocenters. The van der Waals surface area contributed by atoms with Crippen LogP contribution in [0.1, 0.15) is 33.4 Å². The molecule has 0 fully saturated rings. The number of alkyl halides is 3. The summed E-state index contributed by atoms with van der Waals surface area (Å²) in [6.07, 6.45) is -0.639. The maximum atomic E-state index is 13.2. The number of nitrogens with zero attached hydrogens (tertiary/aromatic N) is 1. The van der Waals surface area contributed by atoms with E-state index in [-0.39, 0.29) is 0 Å². The molecule has 0 amide bonds. The molecule has 5 rings (SSSR count). The van der Waals surface area contributed by atoms with Crippen LogP contribution in [0.5, 0.6) is 0 Å². The van der Waals surface area contributed by atoms with E-state index in [2.05, 4.69) is 22.1 Å². The second-order valence-corrected chi connectivity index (χ2v) is 7.89. The lowest BCUT2D eigenvalue weighted by atomic mass is 9.89. The molecule has 0 aliphatic carbocycles. The third-order valence-electron chi connectivity index (χ3n) is 5.65. The normalized spacial score (nSPS) is 14.9. The van der Waals surface area contributed by atoms with E-state index >= 15 is 0 Å². The monoisotopic (exact) mass is 416 g/mol. The lowest BCUT2D eigenvalue weighted by Gasteiger charge is -2.14. The van der Waals surface area contributed by atoms with Crippen molar-refractivity contribution in [2.45, 2.75) is 20.0 Å². The Kier molecular flexibility index (Phi) is 4.36. The Labute approximate surface area is 177 Å². The average molecular weight is 416 g/mol. The third-order valence-corrected chi connectivity index (χ3v) is 5.65. The number of H-pyrrole nitrogens is 1. The van der Waals surface area contributed by atoms with Crippen molar-refractivity contribution in [3.8, 4) is 0 Å². The van der Waals surface area contributed by atoms with Crippen molar-refractivity contribution < 1.29 is 13.2 Å². The van der Waals surface area contributed by atoms with Crippen molar-refractivity contribution in [1.29, 1.82) is 0 Å². The molecule has 154 valence electrons. The Balaban J connectivity index is 1.80. The van der Waals surface area contributed by atoms with Crippen molar-refractivity contribution in [3.05, 3.63) is 100 Å². The fourth-order valence-corrected chi connectivity index (χ4v) is 4.10. The zero-order valence-corrected chi connectivity index (χ0v) is 17.0. The first-order valence-electron chi connectivity index (χ1n) is 9.96. The van der Waals surface area contributed by atoms with Crippen LogP contribution >= 0.6 is 0 Å². The first-order chi connectivity index (χ1) is 14.8. The molecule has 2 nitrogen and oxygen atoms in total. The second-order valence-electron chi connectivity index (χ2n) is 7.89. The highest BCUT2D eigenvalue weighted by atomic mass is 19.4. The molecule has 0 saturated carbocycles. The molecule has 0 atom stereocenters. The second kappa shape index (κ2) is 6.98. The quantitative estimate of drug-likeness (QED) is 0.351. The standard InChI is InChI=1S/C26H19F3N2/c1-15-3-9-23-19(11-15)21(13-30-23)25(17-5-7-18(8-6-17)26(27,28)29)22-14-31-24-10-4-16(2)12-20(22)24/h3-14,30H,1-2H3. The number of aryl methyl sites for hydroxylation is 2. The van der Waals surface area contributed by atoms with Crippen LogP contribution < -0.4 is 0 Å². The molecule has 2 heterocycles. The molecule has 5 heteroatoms. The summed E-state index contributed by atoms with van der Waals surface area (Å²) in [6, 6.07) is 17.6. The number of halogens is 3. The summed E-state index contributed by atoms with van der Waals surface area (Å²) >= 11 is 0. The highest BCUT2D eigenvalue weighted by Gasteiger charge is 2.30. The van der Waals surface area contributed by atoms with Crippen LogP contribution in [0.25, 0.3) is 22.0 Å². The summed E-state index contributed by atoms with van der Waals surface area (Å²) in [5.41, 5.74) is 7.79. The number of aromatic amines is 1. The topological polar surface area (TPSA) is 28.1 Å². The molecule has 0 radical (unpaired) electrons. The lowest BCUT2D eigenvalue weighted by molar-refractivity contribution is -0.137. The molecule has 1 aromatic heterocycles. The Hall–Kier alpha value is -3.60. The van der Waals surface area contributed by atoms with Gasteiger partial charge in [0.1, 0.15) is 0 Å². The molecular formula is C26H19F3N2. The number of nitrogens with one attached hydrogen (secondary N) is 1. The van der Waals surface area contributed by atoms with E-state index in [0.717, 1.165) is 62.1 Å². The van der Waals surface area contributed by atoms with Crippen LogP contribution in [0.4, 0.5) is 18.9 Å². The summed E-state index contributed by atoms with van der Waals surface area (Å²) in [5, 5.41) is 1.02.